The Labute approximate surface area is 323 Å². The molecule has 281 valence electrons. The van der Waals surface area contributed by atoms with Crippen molar-refractivity contribution in [1.29, 1.82) is 0 Å². The molecule has 1 heterocycles. The quantitative estimate of drug-likeness (QED) is 0.0667. The third-order valence-electron chi connectivity index (χ3n) is 10.9. The third-order valence-corrected chi connectivity index (χ3v) is 10.9. The summed E-state index contributed by atoms with van der Waals surface area (Å²) in [5.74, 6) is 1.50. The molecule has 0 bridgehead atoms. The normalized spacial score (nSPS) is 12.7. The second-order valence-corrected chi connectivity index (χ2v) is 16.9. The first-order chi connectivity index (χ1) is 23.3. The molecule has 1 aromatic heterocycles. The number of nitrogens with zero attached hydrogens (tertiary/aromatic N) is 2. The molecule has 4 aromatic rings. The summed E-state index contributed by atoms with van der Waals surface area (Å²) in [6.07, 6.45) is 8.63. The minimum absolute atomic E-state index is 0. The van der Waals surface area contributed by atoms with E-state index in [1.54, 1.807) is 6.33 Å². The number of ketones is 1. The van der Waals surface area contributed by atoms with E-state index >= 15 is 0 Å². The van der Waals surface area contributed by atoms with Gasteiger partial charge < -0.3 is 5.11 Å². The van der Waals surface area contributed by atoms with Crippen LogP contribution in [0.5, 0.6) is 0 Å². The first-order valence-electron chi connectivity index (χ1n) is 19.0. The molecule has 0 spiro atoms. The summed E-state index contributed by atoms with van der Waals surface area (Å²) in [5.41, 5.74) is 7.81. The molecule has 51 heavy (non-hydrogen) atoms. The average Bonchev–Trinajstić information content (AvgIpc) is 3.05. The Morgan fingerprint density at radius 1 is 0.824 bits per heavy atom. The molecule has 0 saturated heterocycles. The molecule has 4 rings (SSSR count). The summed E-state index contributed by atoms with van der Waals surface area (Å²) in [5, 5.41) is 13.8. The van der Waals surface area contributed by atoms with E-state index in [4.69, 9.17) is 9.97 Å². The van der Waals surface area contributed by atoms with E-state index in [0.29, 0.717) is 11.8 Å². The number of carbonyl (C=O) groups is 1. The van der Waals surface area contributed by atoms with E-state index in [1.807, 2.05) is 41.5 Å². The Kier molecular flexibility index (Phi) is 15.8. The number of fused-ring (bicyclic) bond motifs is 3. The van der Waals surface area contributed by atoms with Crippen LogP contribution < -0.4 is 0 Å². The van der Waals surface area contributed by atoms with Gasteiger partial charge in [0.2, 0.25) is 0 Å². The minimum atomic E-state index is -0.337. The van der Waals surface area contributed by atoms with Gasteiger partial charge in [-0.15, -0.1) is 34.9 Å². The molecule has 4 nitrogen and oxygen atoms in total. The van der Waals surface area contributed by atoms with E-state index in [0.717, 1.165) is 66.2 Å². The Hall–Kier alpha value is -2.88. The van der Waals surface area contributed by atoms with E-state index in [2.05, 4.69) is 97.9 Å². The fraction of sp³-hybridized carbons (Fsp3) is 0.543. The SMILES string of the molecule is CCC(C)(CC)C(=O)/C=C(\O)C(C)(CC)CC.Cc1[c-]c(-c2ncnc3c2ccc2cc(CC(C)C)cc(CC(C)C)c23)cc(C(C)(C)C)c1.[Ir]. The number of rotatable bonds is 12. The topological polar surface area (TPSA) is 63.1 Å². The molecule has 3 aromatic carbocycles. The molecule has 1 N–H and O–H groups in total. The molecule has 0 fully saturated rings. The van der Waals surface area contributed by atoms with E-state index in [9.17, 15) is 9.90 Å². The van der Waals surface area contributed by atoms with Gasteiger partial charge in [-0.1, -0.05) is 121 Å². The number of benzene rings is 3. The van der Waals surface area contributed by atoms with Crippen molar-refractivity contribution in [2.45, 2.75) is 141 Å². The molecule has 0 aliphatic heterocycles. The van der Waals surface area contributed by atoms with Crippen molar-refractivity contribution in [2.24, 2.45) is 22.7 Å². The van der Waals surface area contributed by atoms with Crippen molar-refractivity contribution >= 4 is 27.5 Å². The summed E-state index contributed by atoms with van der Waals surface area (Å²) in [7, 11) is 0. The largest absolute Gasteiger partial charge is 0.512 e. The van der Waals surface area contributed by atoms with Crippen LogP contribution in [-0.2, 0) is 43.2 Å². The number of hydrogen-bond donors (Lipinski definition) is 1. The molecule has 5 heteroatoms. The second kappa shape index (κ2) is 18.2. The first-order valence-corrected chi connectivity index (χ1v) is 19.0. The van der Waals surface area contributed by atoms with Crippen LogP contribution in [-0.4, -0.2) is 20.9 Å². The Bertz CT molecular complexity index is 1800. The van der Waals surface area contributed by atoms with Gasteiger partial charge in [-0.05, 0) is 83.4 Å². The van der Waals surface area contributed by atoms with Crippen LogP contribution in [0.15, 0.2) is 54.6 Å². The Morgan fingerprint density at radius 3 is 1.94 bits per heavy atom. The summed E-state index contributed by atoms with van der Waals surface area (Å²) in [6.45, 7) is 30.1. The fourth-order valence-corrected chi connectivity index (χ4v) is 6.50. The van der Waals surface area contributed by atoms with Gasteiger partial charge in [-0.25, -0.2) is 4.98 Å². The molecule has 0 atom stereocenters. The number of aliphatic hydroxyl groups is 1. The van der Waals surface area contributed by atoms with E-state index in [1.165, 1.54) is 33.5 Å². The number of aliphatic hydroxyl groups excluding tert-OH is 1. The third kappa shape index (κ3) is 10.8. The zero-order chi connectivity index (χ0) is 37.6. The number of carbonyl (C=O) groups excluding carboxylic acids is 1. The van der Waals surface area contributed by atoms with Gasteiger partial charge in [-0.3, -0.25) is 9.78 Å². The van der Waals surface area contributed by atoms with Crippen LogP contribution >= 0.6 is 0 Å². The Morgan fingerprint density at radius 2 is 1.41 bits per heavy atom. The summed E-state index contributed by atoms with van der Waals surface area (Å²) in [6, 6.07) is 17.3. The van der Waals surface area contributed by atoms with Gasteiger partial charge in [-0.2, -0.15) is 0 Å². The zero-order valence-corrected chi connectivity index (χ0v) is 36.5. The van der Waals surface area contributed by atoms with Crippen molar-refractivity contribution in [2.75, 3.05) is 0 Å². The van der Waals surface area contributed by atoms with Gasteiger partial charge in [0.1, 0.15) is 12.1 Å². The number of hydrogen-bond acceptors (Lipinski definition) is 4. The predicted octanol–water partition coefficient (Wildman–Crippen LogP) is 12.9. The Balaban J connectivity index is 0.000000428. The number of aromatic nitrogens is 2. The monoisotopic (exact) mass is 870 g/mol. The summed E-state index contributed by atoms with van der Waals surface area (Å²) in [4.78, 5) is 21.8. The standard InChI is InChI=1S/C31H37N2.C15H28O2.Ir/c1-19(2)11-22-15-23-9-10-27-29(25-13-21(5)14-26(17-25)31(6,7)8)32-18-33-30(27)28(23)24(16-22)12-20(3)4;1-7-14(5,8-2)12(16)11-13(17)15(6,9-3)10-4;/h9-10,14-20H,11-12H2,1-8H3;11,16H,7-10H2,1-6H3;/q-1;;/b;12-11-;. The first kappa shape index (κ1) is 44.3. The van der Waals surface area contributed by atoms with Gasteiger partial charge >= 0.3 is 0 Å². The van der Waals surface area contributed by atoms with Crippen molar-refractivity contribution < 1.29 is 30.0 Å². The zero-order valence-electron chi connectivity index (χ0n) is 34.1. The van der Waals surface area contributed by atoms with E-state index < -0.39 is 0 Å². The minimum Gasteiger partial charge on any atom is -0.512 e. The van der Waals surface area contributed by atoms with Crippen LogP contribution in [0, 0.1) is 35.7 Å². The summed E-state index contributed by atoms with van der Waals surface area (Å²) >= 11 is 0. The van der Waals surface area contributed by atoms with Crippen molar-refractivity contribution in [1.82, 2.24) is 9.97 Å². The molecular weight excluding hydrogens is 805 g/mol. The number of allylic oxidation sites excluding steroid dienone is 2. The molecule has 0 aliphatic carbocycles. The molecule has 1 radical (unpaired) electrons. The van der Waals surface area contributed by atoms with Crippen molar-refractivity contribution in [3.8, 4) is 11.3 Å². The molecular formula is C46H65IrN2O2-. The molecule has 0 amide bonds. The smallest absolute Gasteiger partial charge is 0.164 e. The maximum Gasteiger partial charge on any atom is 0.164 e. The molecule has 0 aliphatic rings. The van der Waals surface area contributed by atoms with Crippen LogP contribution in [0.4, 0.5) is 0 Å². The molecule has 0 unspecified atom stereocenters. The van der Waals surface area contributed by atoms with E-state index in [-0.39, 0.29) is 47.9 Å². The predicted molar refractivity (Wildman–Crippen MR) is 215 cm³/mol. The van der Waals surface area contributed by atoms with Gasteiger partial charge in [0, 0.05) is 42.4 Å². The van der Waals surface area contributed by atoms with Crippen molar-refractivity contribution in [3.05, 3.63) is 82.9 Å². The van der Waals surface area contributed by atoms with Gasteiger partial charge in [0.05, 0.1) is 5.52 Å². The second-order valence-electron chi connectivity index (χ2n) is 16.9. The average molecular weight is 870 g/mol. The van der Waals surface area contributed by atoms with Crippen molar-refractivity contribution in [3.63, 3.8) is 0 Å². The maximum absolute atomic E-state index is 12.2. The maximum atomic E-state index is 12.2. The van der Waals surface area contributed by atoms with Crippen LogP contribution in [0.3, 0.4) is 0 Å². The summed E-state index contributed by atoms with van der Waals surface area (Å²) < 4.78 is 0. The number of aryl methyl sites for hydroxylation is 1. The van der Waals surface area contributed by atoms with Crippen LogP contribution in [0.25, 0.3) is 32.9 Å². The fourth-order valence-electron chi connectivity index (χ4n) is 6.50. The van der Waals surface area contributed by atoms with Gasteiger partial charge in [0.25, 0.3) is 0 Å². The molecule has 0 saturated carbocycles. The van der Waals surface area contributed by atoms with Crippen LogP contribution in [0.1, 0.15) is 138 Å². The van der Waals surface area contributed by atoms with Crippen LogP contribution in [0.2, 0.25) is 0 Å². The van der Waals surface area contributed by atoms with Gasteiger partial charge in [0.15, 0.2) is 5.78 Å².